The van der Waals surface area contributed by atoms with Crippen LogP contribution in [0.4, 0.5) is 0 Å². The Kier molecular flexibility index (Phi) is 18.0. The van der Waals surface area contributed by atoms with Gasteiger partial charge in [-0.15, -0.1) is 11.8 Å². The van der Waals surface area contributed by atoms with Crippen molar-refractivity contribution < 1.29 is 28.7 Å². The lowest BCUT2D eigenvalue weighted by Gasteiger charge is -2.36. The lowest BCUT2D eigenvalue weighted by atomic mass is 9.84. The van der Waals surface area contributed by atoms with Crippen molar-refractivity contribution in [2.75, 3.05) is 32.6 Å². The molecule has 0 radical (unpaired) electrons. The van der Waals surface area contributed by atoms with Gasteiger partial charge in [-0.3, -0.25) is 19.2 Å². The summed E-state index contributed by atoms with van der Waals surface area (Å²) in [6.45, 7) is 11.6. The van der Waals surface area contributed by atoms with E-state index in [4.69, 9.17) is 20.9 Å². The highest BCUT2D eigenvalue weighted by molar-refractivity contribution is 8.00. The summed E-state index contributed by atoms with van der Waals surface area (Å²) in [6.07, 6.45) is 1.17. The molecular weight excluding hydrogens is 729 g/mol. The first-order valence-corrected chi connectivity index (χ1v) is 20.1. The summed E-state index contributed by atoms with van der Waals surface area (Å²) in [7, 11) is 1.52. The summed E-state index contributed by atoms with van der Waals surface area (Å²) in [6, 6.07) is 26.3. The second kappa shape index (κ2) is 21.9. The van der Waals surface area contributed by atoms with Crippen LogP contribution in [0.3, 0.4) is 0 Å². The topological polar surface area (TPSA) is 187 Å². The molecule has 0 aliphatic heterocycles. The van der Waals surface area contributed by atoms with Gasteiger partial charge in [0.2, 0.25) is 23.6 Å². The standard InChI is InChI=1S/C43H62N6O6S/c1-41(2,3)54-27-33(44)37(50)47-26-18-17-25-35(48-38(51)34(45)28-55-42(4,5)6)40(53)49-36(39(52)46-7)29-56-43(30-19-11-8-12-20-30,31-21-13-9-14-22-31)32-23-15-10-16-24-32/h8-16,19-24,33-36H,17-18,25-29,44-45H2,1-7H3,(H,46,52)(H,47,50)(H,48,51)(H,49,53). The number of likely N-dealkylation sites (N-methyl/N-ethyl adjacent to an activating group) is 1. The number of thioether (sulfide) groups is 1. The molecule has 0 aliphatic carbocycles. The number of unbranched alkanes of at least 4 members (excludes halogenated alkanes) is 1. The van der Waals surface area contributed by atoms with Gasteiger partial charge in [-0.1, -0.05) is 91.0 Å². The summed E-state index contributed by atoms with van der Waals surface area (Å²) >= 11 is 1.54. The zero-order valence-corrected chi connectivity index (χ0v) is 34.7. The molecule has 3 aromatic rings. The fraction of sp³-hybridized carbons (Fsp3) is 0.488. The SMILES string of the molecule is CNC(=O)C(CSC(c1ccccc1)(c1ccccc1)c1ccccc1)NC(=O)C(CCCCNC(=O)C(N)COC(C)(C)C)NC(=O)C(N)COC(C)(C)C. The number of hydrogen-bond donors (Lipinski definition) is 6. The Labute approximate surface area is 337 Å². The summed E-state index contributed by atoms with van der Waals surface area (Å²) in [5.41, 5.74) is 14.3. The summed E-state index contributed by atoms with van der Waals surface area (Å²) in [5.74, 6) is -1.63. The van der Waals surface area contributed by atoms with E-state index in [1.807, 2.05) is 96.1 Å². The van der Waals surface area contributed by atoms with Gasteiger partial charge in [-0.05, 0) is 77.5 Å². The monoisotopic (exact) mass is 790 g/mol. The number of nitrogens with one attached hydrogen (secondary N) is 4. The number of ether oxygens (including phenoxy) is 2. The third-order valence-electron chi connectivity index (χ3n) is 8.80. The maximum atomic E-state index is 14.1. The van der Waals surface area contributed by atoms with Crippen molar-refractivity contribution in [3.63, 3.8) is 0 Å². The van der Waals surface area contributed by atoms with Crippen molar-refractivity contribution in [2.45, 2.75) is 101 Å². The number of rotatable bonds is 21. The Balaban J connectivity index is 1.83. The van der Waals surface area contributed by atoms with Crippen LogP contribution in [0.5, 0.6) is 0 Å². The maximum absolute atomic E-state index is 14.1. The van der Waals surface area contributed by atoms with Crippen LogP contribution < -0.4 is 32.7 Å². The highest BCUT2D eigenvalue weighted by Gasteiger charge is 2.39. The first-order chi connectivity index (χ1) is 26.5. The van der Waals surface area contributed by atoms with Crippen molar-refractivity contribution in [1.29, 1.82) is 0 Å². The molecule has 0 saturated carbocycles. The Hall–Kier alpha value is -4.27. The molecule has 0 bridgehead atoms. The van der Waals surface area contributed by atoms with Crippen molar-refractivity contribution in [2.24, 2.45) is 11.5 Å². The van der Waals surface area contributed by atoms with Gasteiger partial charge < -0.3 is 42.2 Å². The highest BCUT2D eigenvalue weighted by atomic mass is 32.2. The molecule has 0 aliphatic rings. The normalized spacial score (nSPS) is 14.2. The first-order valence-electron chi connectivity index (χ1n) is 19.2. The molecule has 0 aromatic heterocycles. The zero-order valence-electron chi connectivity index (χ0n) is 33.9. The van der Waals surface area contributed by atoms with E-state index in [2.05, 4.69) is 57.7 Å². The lowest BCUT2D eigenvalue weighted by molar-refractivity contribution is -0.133. The molecule has 13 heteroatoms. The predicted octanol–water partition coefficient (Wildman–Crippen LogP) is 4.00. The second-order valence-electron chi connectivity index (χ2n) is 15.7. The zero-order chi connectivity index (χ0) is 41.4. The number of nitrogens with two attached hydrogens (primary N) is 2. The summed E-state index contributed by atoms with van der Waals surface area (Å²) in [4.78, 5) is 53.4. The molecule has 0 saturated heterocycles. The van der Waals surface area contributed by atoms with Gasteiger partial charge in [0.25, 0.3) is 0 Å². The van der Waals surface area contributed by atoms with Gasteiger partial charge in [-0.2, -0.15) is 0 Å². The van der Waals surface area contributed by atoms with Crippen LogP contribution in [0.15, 0.2) is 91.0 Å². The van der Waals surface area contributed by atoms with E-state index in [1.165, 1.54) is 18.8 Å². The summed E-state index contributed by atoms with van der Waals surface area (Å²) in [5, 5.41) is 11.2. The first kappa shape index (κ1) is 46.1. The molecule has 3 rings (SSSR count). The van der Waals surface area contributed by atoms with E-state index in [0.29, 0.717) is 19.4 Å². The average Bonchev–Trinajstić information content (AvgIpc) is 3.18. The Morgan fingerprint density at radius 2 is 1.04 bits per heavy atom. The third-order valence-corrected chi connectivity index (χ3v) is 10.4. The highest BCUT2D eigenvalue weighted by Crippen LogP contribution is 2.48. The number of amides is 4. The molecule has 0 fully saturated rings. The van der Waals surface area contributed by atoms with Crippen LogP contribution >= 0.6 is 11.8 Å². The molecule has 4 amide bonds. The van der Waals surface area contributed by atoms with Crippen molar-refractivity contribution >= 4 is 35.4 Å². The van der Waals surface area contributed by atoms with Gasteiger partial charge in [0.1, 0.15) is 24.2 Å². The Morgan fingerprint density at radius 3 is 1.46 bits per heavy atom. The van der Waals surface area contributed by atoms with Crippen LogP contribution in [0.2, 0.25) is 0 Å². The van der Waals surface area contributed by atoms with Crippen LogP contribution in [-0.4, -0.2) is 91.6 Å². The van der Waals surface area contributed by atoms with Crippen LogP contribution in [-0.2, 0) is 33.4 Å². The van der Waals surface area contributed by atoms with Gasteiger partial charge in [0.15, 0.2) is 0 Å². The molecule has 56 heavy (non-hydrogen) atoms. The molecule has 12 nitrogen and oxygen atoms in total. The minimum Gasteiger partial charge on any atom is -0.374 e. The third kappa shape index (κ3) is 14.7. The minimum absolute atomic E-state index is 0.0487. The van der Waals surface area contributed by atoms with Crippen molar-refractivity contribution in [3.8, 4) is 0 Å². The van der Waals surface area contributed by atoms with Crippen LogP contribution in [0.25, 0.3) is 0 Å². The van der Waals surface area contributed by atoms with Crippen LogP contribution in [0, 0.1) is 0 Å². The fourth-order valence-electron chi connectivity index (χ4n) is 5.80. The quantitative estimate of drug-likeness (QED) is 0.0686. The minimum atomic E-state index is -1.03. The molecular formula is C43H62N6O6S. The molecule has 0 spiro atoms. The second-order valence-corrected chi connectivity index (χ2v) is 16.9. The van der Waals surface area contributed by atoms with Gasteiger partial charge in [-0.25, -0.2) is 0 Å². The predicted molar refractivity (Wildman–Crippen MR) is 224 cm³/mol. The van der Waals surface area contributed by atoms with Gasteiger partial charge in [0, 0.05) is 19.3 Å². The van der Waals surface area contributed by atoms with E-state index in [-0.39, 0.29) is 37.2 Å². The van der Waals surface area contributed by atoms with E-state index < -0.39 is 51.9 Å². The van der Waals surface area contributed by atoms with Gasteiger partial charge in [0.05, 0.1) is 29.2 Å². The Bertz CT molecular complexity index is 1570. The Morgan fingerprint density at radius 1 is 0.607 bits per heavy atom. The van der Waals surface area contributed by atoms with E-state index >= 15 is 0 Å². The lowest BCUT2D eigenvalue weighted by Crippen LogP contribution is -2.57. The molecule has 306 valence electrons. The number of hydrogen-bond acceptors (Lipinski definition) is 9. The average molecular weight is 791 g/mol. The molecule has 4 unspecified atom stereocenters. The van der Waals surface area contributed by atoms with E-state index in [9.17, 15) is 19.2 Å². The maximum Gasteiger partial charge on any atom is 0.243 e. The van der Waals surface area contributed by atoms with E-state index in [0.717, 1.165) is 16.7 Å². The van der Waals surface area contributed by atoms with Crippen molar-refractivity contribution in [3.05, 3.63) is 108 Å². The van der Waals surface area contributed by atoms with Gasteiger partial charge >= 0.3 is 0 Å². The number of carbonyl (C=O) groups is 4. The smallest absolute Gasteiger partial charge is 0.243 e. The molecule has 3 aromatic carbocycles. The number of carbonyl (C=O) groups excluding carboxylic acids is 4. The fourth-order valence-corrected chi connectivity index (χ4v) is 7.36. The van der Waals surface area contributed by atoms with E-state index in [1.54, 1.807) is 0 Å². The summed E-state index contributed by atoms with van der Waals surface area (Å²) < 4.78 is 10.6. The molecule has 4 atom stereocenters. The molecule has 0 heterocycles. The van der Waals surface area contributed by atoms with Crippen LogP contribution in [0.1, 0.15) is 77.5 Å². The molecule has 8 N–H and O–H groups in total. The van der Waals surface area contributed by atoms with Crippen molar-refractivity contribution in [1.82, 2.24) is 21.3 Å². The number of benzene rings is 3. The largest absolute Gasteiger partial charge is 0.374 e.